The summed E-state index contributed by atoms with van der Waals surface area (Å²) in [6.07, 6.45) is -5.67. The van der Waals surface area contributed by atoms with E-state index in [0.717, 1.165) is 5.56 Å². The molecule has 0 aliphatic carbocycles. The highest BCUT2D eigenvalue weighted by Crippen LogP contribution is 2.19. The van der Waals surface area contributed by atoms with Crippen LogP contribution in [0.15, 0.2) is 24.3 Å². The number of rotatable bonds is 2. The number of ether oxygens (including phenoxy) is 1. The summed E-state index contributed by atoms with van der Waals surface area (Å²) in [5.74, 6) is -0.409. The summed E-state index contributed by atoms with van der Waals surface area (Å²) in [5.41, 5.74) is 1.38. The van der Waals surface area contributed by atoms with Crippen molar-refractivity contribution in [3.8, 4) is 0 Å². The Morgan fingerprint density at radius 1 is 1.20 bits per heavy atom. The zero-order valence-corrected chi connectivity index (χ0v) is 11.4. The highest BCUT2D eigenvalue weighted by Gasteiger charge is 2.42. The maximum Gasteiger partial charge on any atom is 0.253 e. The smallest absolute Gasteiger partial charge is 0.253 e. The standard InChI is InChI=1S/C14H19NO5/c1-7-4-3-5-9(6-7)13(19)15-14-12(18)11(17)10(16)8(2)20-14/h3-6,8,10-12,14,16-18H,1-2H3,(H,15,19)/t8-,10+,11+,12-,14-/m0/s1. The van der Waals surface area contributed by atoms with Crippen LogP contribution in [0.25, 0.3) is 0 Å². The average molecular weight is 281 g/mol. The topological polar surface area (TPSA) is 99.0 Å². The minimum atomic E-state index is -1.38. The van der Waals surface area contributed by atoms with E-state index in [1.165, 1.54) is 0 Å². The van der Waals surface area contributed by atoms with Gasteiger partial charge in [-0.2, -0.15) is 0 Å². The summed E-state index contributed by atoms with van der Waals surface area (Å²) < 4.78 is 5.31. The van der Waals surface area contributed by atoms with Gasteiger partial charge in [0.15, 0.2) is 6.23 Å². The van der Waals surface area contributed by atoms with Gasteiger partial charge in [0.05, 0.1) is 6.10 Å². The Morgan fingerprint density at radius 3 is 2.55 bits per heavy atom. The number of carbonyl (C=O) groups excluding carboxylic acids is 1. The fourth-order valence-corrected chi connectivity index (χ4v) is 2.17. The molecule has 0 radical (unpaired) electrons. The van der Waals surface area contributed by atoms with Crippen molar-refractivity contribution in [2.24, 2.45) is 0 Å². The van der Waals surface area contributed by atoms with Crippen LogP contribution < -0.4 is 5.32 Å². The average Bonchev–Trinajstić information content (AvgIpc) is 2.42. The summed E-state index contributed by atoms with van der Waals surface area (Å²) in [7, 11) is 0. The van der Waals surface area contributed by atoms with Crippen molar-refractivity contribution in [1.82, 2.24) is 5.32 Å². The Balaban J connectivity index is 2.07. The Bertz CT molecular complexity index is 492. The van der Waals surface area contributed by atoms with E-state index in [4.69, 9.17) is 4.74 Å². The van der Waals surface area contributed by atoms with Crippen molar-refractivity contribution in [3.05, 3.63) is 35.4 Å². The molecule has 5 atom stereocenters. The lowest BCUT2D eigenvalue weighted by atomic mass is 9.99. The SMILES string of the molecule is Cc1cccc(C(=O)N[C@H]2O[C@@H](C)[C@@H](O)[C@@H](O)[C@@H]2O)c1. The van der Waals surface area contributed by atoms with Crippen LogP contribution in [0.2, 0.25) is 0 Å². The molecule has 0 saturated carbocycles. The molecule has 1 saturated heterocycles. The first-order chi connectivity index (χ1) is 9.40. The molecule has 6 heteroatoms. The quantitative estimate of drug-likeness (QED) is 0.588. The number of nitrogens with one attached hydrogen (secondary N) is 1. The minimum absolute atomic E-state index is 0.409. The molecule has 1 fully saturated rings. The Morgan fingerprint density at radius 2 is 1.90 bits per heavy atom. The highest BCUT2D eigenvalue weighted by atomic mass is 16.5. The predicted octanol–water partition coefficient (Wildman–Crippen LogP) is -0.448. The molecule has 1 aromatic rings. The van der Waals surface area contributed by atoms with Crippen LogP contribution in [-0.4, -0.2) is 51.9 Å². The van der Waals surface area contributed by atoms with Crippen molar-refractivity contribution in [3.63, 3.8) is 0 Å². The van der Waals surface area contributed by atoms with Gasteiger partial charge in [0, 0.05) is 5.56 Å². The second kappa shape index (κ2) is 5.88. The van der Waals surface area contributed by atoms with E-state index in [0.29, 0.717) is 5.56 Å². The van der Waals surface area contributed by atoms with Gasteiger partial charge < -0.3 is 25.4 Å². The second-order valence-corrected chi connectivity index (χ2v) is 5.08. The van der Waals surface area contributed by atoms with Gasteiger partial charge in [0.25, 0.3) is 5.91 Å². The monoisotopic (exact) mass is 281 g/mol. The van der Waals surface area contributed by atoms with Gasteiger partial charge >= 0.3 is 0 Å². The minimum Gasteiger partial charge on any atom is -0.388 e. The lowest BCUT2D eigenvalue weighted by molar-refractivity contribution is -0.221. The molecule has 20 heavy (non-hydrogen) atoms. The number of hydrogen-bond acceptors (Lipinski definition) is 5. The van der Waals surface area contributed by atoms with Crippen molar-refractivity contribution in [2.75, 3.05) is 0 Å². The van der Waals surface area contributed by atoms with Crippen LogP contribution in [0.3, 0.4) is 0 Å². The van der Waals surface area contributed by atoms with E-state index in [1.54, 1.807) is 25.1 Å². The largest absolute Gasteiger partial charge is 0.388 e. The third-order valence-corrected chi connectivity index (χ3v) is 3.41. The van der Waals surface area contributed by atoms with Crippen molar-refractivity contribution in [1.29, 1.82) is 0 Å². The molecule has 1 aliphatic heterocycles. The van der Waals surface area contributed by atoms with Gasteiger partial charge in [-0.25, -0.2) is 0 Å². The fraction of sp³-hybridized carbons (Fsp3) is 0.500. The number of benzene rings is 1. The summed E-state index contributed by atoms with van der Waals surface area (Å²) >= 11 is 0. The van der Waals surface area contributed by atoms with Crippen LogP contribution in [-0.2, 0) is 4.74 Å². The third-order valence-electron chi connectivity index (χ3n) is 3.41. The number of aryl methyl sites for hydroxylation is 1. The van der Waals surface area contributed by atoms with Crippen LogP contribution in [0.4, 0.5) is 0 Å². The third kappa shape index (κ3) is 2.99. The summed E-state index contributed by atoms with van der Waals surface area (Å²) in [6.45, 7) is 3.43. The van der Waals surface area contributed by atoms with Gasteiger partial charge in [0.2, 0.25) is 0 Å². The highest BCUT2D eigenvalue weighted by molar-refractivity contribution is 5.94. The summed E-state index contributed by atoms with van der Waals surface area (Å²) in [4.78, 5) is 12.1. The summed E-state index contributed by atoms with van der Waals surface area (Å²) in [5, 5.41) is 31.6. The first-order valence-corrected chi connectivity index (χ1v) is 6.47. The fourth-order valence-electron chi connectivity index (χ4n) is 2.17. The zero-order chi connectivity index (χ0) is 14.9. The van der Waals surface area contributed by atoms with Crippen molar-refractivity contribution in [2.45, 2.75) is 44.5 Å². The molecular formula is C14H19NO5. The molecule has 0 unspecified atom stereocenters. The molecule has 1 aliphatic rings. The number of hydrogen-bond donors (Lipinski definition) is 4. The maximum absolute atomic E-state index is 12.1. The normalized spacial score (nSPS) is 33.8. The molecule has 0 spiro atoms. The van der Waals surface area contributed by atoms with Gasteiger partial charge in [-0.15, -0.1) is 0 Å². The first-order valence-electron chi connectivity index (χ1n) is 6.47. The van der Waals surface area contributed by atoms with Gasteiger partial charge in [-0.3, -0.25) is 4.79 Å². The molecule has 1 aromatic carbocycles. The molecule has 2 rings (SSSR count). The van der Waals surface area contributed by atoms with Crippen molar-refractivity contribution >= 4 is 5.91 Å². The number of carbonyl (C=O) groups is 1. The maximum atomic E-state index is 12.1. The Kier molecular flexibility index (Phi) is 4.39. The van der Waals surface area contributed by atoms with Crippen LogP contribution in [0.1, 0.15) is 22.8 Å². The van der Waals surface area contributed by atoms with Crippen LogP contribution in [0, 0.1) is 6.92 Å². The van der Waals surface area contributed by atoms with E-state index in [1.807, 2.05) is 13.0 Å². The molecule has 6 nitrogen and oxygen atoms in total. The number of aliphatic hydroxyl groups is 3. The number of amides is 1. The van der Waals surface area contributed by atoms with Crippen molar-refractivity contribution < 1.29 is 24.9 Å². The Labute approximate surface area is 117 Å². The molecule has 110 valence electrons. The molecule has 1 amide bonds. The van der Waals surface area contributed by atoms with Crippen LogP contribution in [0.5, 0.6) is 0 Å². The van der Waals surface area contributed by atoms with E-state index in [2.05, 4.69) is 5.32 Å². The molecule has 0 aromatic heterocycles. The molecule has 4 N–H and O–H groups in total. The molecule has 0 bridgehead atoms. The number of aliphatic hydroxyl groups excluding tert-OH is 3. The van der Waals surface area contributed by atoms with E-state index >= 15 is 0 Å². The lowest BCUT2D eigenvalue weighted by Crippen LogP contribution is -2.61. The van der Waals surface area contributed by atoms with Gasteiger partial charge in [-0.1, -0.05) is 17.7 Å². The van der Waals surface area contributed by atoms with Gasteiger partial charge in [-0.05, 0) is 26.0 Å². The molecular weight excluding hydrogens is 262 g/mol. The molecule has 1 heterocycles. The zero-order valence-electron chi connectivity index (χ0n) is 11.4. The lowest BCUT2D eigenvalue weighted by Gasteiger charge is -2.39. The van der Waals surface area contributed by atoms with E-state index < -0.39 is 36.6 Å². The van der Waals surface area contributed by atoms with Gasteiger partial charge in [0.1, 0.15) is 18.3 Å². The van der Waals surface area contributed by atoms with Crippen LogP contribution >= 0.6 is 0 Å². The van der Waals surface area contributed by atoms with E-state index in [9.17, 15) is 20.1 Å². The first kappa shape index (κ1) is 14.9. The second-order valence-electron chi connectivity index (χ2n) is 5.08. The predicted molar refractivity (Wildman–Crippen MR) is 71.0 cm³/mol. The Hall–Kier alpha value is -1.47. The van der Waals surface area contributed by atoms with E-state index in [-0.39, 0.29) is 0 Å². The summed E-state index contributed by atoms with van der Waals surface area (Å²) in [6, 6.07) is 6.97.